The lowest BCUT2D eigenvalue weighted by molar-refractivity contribution is -0.197. The number of carbonyl (C=O) groups excluding carboxylic acids is 1. The van der Waals surface area contributed by atoms with E-state index in [4.69, 9.17) is 18.9 Å². The highest BCUT2D eigenvalue weighted by Crippen LogP contribution is 2.43. The summed E-state index contributed by atoms with van der Waals surface area (Å²) in [5.41, 5.74) is -2.20. The minimum absolute atomic E-state index is 0.212. The van der Waals surface area contributed by atoms with Crippen LogP contribution in [0.25, 0.3) is 0 Å². The molecule has 0 aromatic carbocycles. The monoisotopic (exact) mass is 396 g/mol. The fraction of sp³-hybridized carbons (Fsp3) is 0.737. The Kier molecular flexibility index (Phi) is 5.06. The van der Waals surface area contributed by atoms with Gasteiger partial charge in [0.1, 0.15) is 17.8 Å². The number of hydrogen-bond donors (Lipinski definition) is 0. The van der Waals surface area contributed by atoms with E-state index >= 15 is 0 Å². The fourth-order valence-corrected chi connectivity index (χ4v) is 3.56. The summed E-state index contributed by atoms with van der Waals surface area (Å²) in [6, 6.07) is 0. The van der Waals surface area contributed by atoms with Crippen molar-refractivity contribution in [2.75, 3.05) is 0 Å². The number of nitrogens with zero attached hydrogens (tertiary/aromatic N) is 2. The highest BCUT2D eigenvalue weighted by Gasteiger charge is 2.55. The average Bonchev–Trinajstić information content (AvgIpc) is 3.02. The van der Waals surface area contributed by atoms with Crippen LogP contribution in [0.15, 0.2) is 15.8 Å². The molecule has 9 heteroatoms. The molecule has 28 heavy (non-hydrogen) atoms. The van der Waals surface area contributed by atoms with Gasteiger partial charge in [-0.3, -0.25) is 9.36 Å². The van der Waals surface area contributed by atoms with Crippen molar-refractivity contribution in [1.29, 1.82) is 0 Å². The SMILES string of the molecule is CC[C@H]1O[C@@H](n2cc(C)c(=O)n(C(=O)OC(C)(C)C)c2=O)[C@@H]2OC(C)(C)O[C@@H]21. The fourth-order valence-electron chi connectivity index (χ4n) is 3.56. The van der Waals surface area contributed by atoms with Crippen LogP contribution in [0.4, 0.5) is 4.79 Å². The summed E-state index contributed by atoms with van der Waals surface area (Å²) in [6.45, 7) is 12.1. The Hall–Kier alpha value is -1.97. The topological polar surface area (TPSA) is 98.0 Å². The molecular weight excluding hydrogens is 368 g/mol. The third kappa shape index (κ3) is 3.66. The maximum Gasteiger partial charge on any atom is 0.425 e. The smallest absolute Gasteiger partial charge is 0.425 e. The number of rotatable bonds is 2. The Morgan fingerprint density at radius 2 is 1.82 bits per heavy atom. The second kappa shape index (κ2) is 6.82. The Morgan fingerprint density at radius 1 is 1.21 bits per heavy atom. The first-order chi connectivity index (χ1) is 12.8. The van der Waals surface area contributed by atoms with Crippen molar-refractivity contribution in [2.45, 2.75) is 90.8 Å². The molecular formula is C19H28N2O7. The quantitative estimate of drug-likeness (QED) is 0.753. The molecule has 9 nitrogen and oxygen atoms in total. The lowest BCUT2D eigenvalue weighted by Crippen LogP contribution is -2.48. The maximum atomic E-state index is 13.0. The van der Waals surface area contributed by atoms with Crippen LogP contribution >= 0.6 is 0 Å². The first kappa shape index (κ1) is 20.8. The summed E-state index contributed by atoms with van der Waals surface area (Å²) in [4.78, 5) is 38.0. The van der Waals surface area contributed by atoms with Gasteiger partial charge in [0.05, 0.1) is 6.10 Å². The predicted molar refractivity (Wildman–Crippen MR) is 99.4 cm³/mol. The third-order valence-electron chi connectivity index (χ3n) is 4.66. The van der Waals surface area contributed by atoms with Gasteiger partial charge in [-0.15, -0.1) is 0 Å². The van der Waals surface area contributed by atoms with Crippen LogP contribution in [-0.4, -0.2) is 44.9 Å². The van der Waals surface area contributed by atoms with Crippen LogP contribution < -0.4 is 11.2 Å². The van der Waals surface area contributed by atoms with Crippen LogP contribution in [0, 0.1) is 6.92 Å². The molecule has 4 atom stereocenters. The van der Waals surface area contributed by atoms with Crippen molar-refractivity contribution in [1.82, 2.24) is 9.13 Å². The zero-order valence-electron chi connectivity index (χ0n) is 17.3. The van der Waals surface area contributed by atoms with Gasteiger partial charge in [-0.05, 0) is 48.0 Å². The number of carbonyl (C=O) groups is 1. The molecule has 2 fully saturated rings. The van der Waals surface area contributed by atoms with Gasteiger partial charge >= 0.3 is 11.8 Å². The van der Waals surface area contributed by atoms with Gasteiger partial charge in [-0.2, -0.15) is 4.57 Å². The summed E-state index contributed by atoms with van der Waals surface area (Å²) in [5.74, 6) is -0.816. The van der Waals surface area contributed by atoms with E-state index < -0.39 is 41.1 Å². The van der Waals surface area contributed by atoms with Gasteiger partial charge in [0.2, 0.25) is 0 Å². The molecule has 1 aromatic heterocycles. The molecule has 0 aliphatic carbocycles. The summed E-state index contributed by atoms with van der Waals surface area (Å²) in [7, 11) is 0. The molecule has 1 aromatic rings. The van der Waals surface area contributed by atoms with E-state index in [1.54, 1.807) is 34.6 Å². The van der Waals surface area contributed by atoms with E-state index in [2.05, 4.69) is 0 Å². The van der Waals surface area contributed by atoms with E-state index in [1.807, 2.05) is 6.92 Å². The van der Waals surface area contributed by atoms with E-state index in [0.717, 1.165) is 0 Å². The molecule has 0 N–H and O–H groups in total. The van der Waals surface area contributed by atoms with Crippen molar-refractivity contribution in [3.63, 3.8) is 0 Å². The van der Waals surface area contributed by atoms with Gasteiger partial charge < -0.3 is 18.9 Å². The Morgan fingerprint density at radius 3 is 2.39 bits per heavy atom. The normalized spacial score (nSPS) is 29.0. The molecule has 0 radical (unpaired) electrons. The standard InChI is InChI=1S/C19H28N2O7/c1-8-11-12-13(27-19(6,7)26-12)15(25-11)20-9-10(2)14(22)21(16(20)23)17(24)28-18(3,4)5/h9,11-13,15H,8H2,1-7H3/t11-,12-,13-,15-/m1/s1. The minimum atomic E-state index is -1.02. The molecule has 0 unspecified atom stereocenters. The van der Waals surface area contributed by atoms with Crippen molar-refractivity contribution >= 4 is 6.09 Å². The van der Waals surface area contributed by atoms with Crippen molar-refractivity contribution < 1.29 is 23.7 Å². The van der Waals surface area contributed by atoms with Gasteiger partial charge in [0, 0.05) is 11.8 Å². The highest BCUT2D eigenvalue weighted by molar-refractivity contribution is 5.70. The highest BCUT2D eigenvalue weighted by atomic mass is 16.8. The van der Waals surface area contributed by atoms with E-state index in [0.29, 0.717) is 11.0 Å². The lowest BCUT2D eigenvalue weighted by atomic mass is 10.1. The minimum Gasteiger partial charge on any atom is -0.443 e. The average molecular weight is 396 g/mol. The first-order valence-corrected chi connectivity index (χ1v) is 9.44. The van der Waals surface area contributed by atoms with E-state index in [9.17, 15) is 14.4 Å². The second-order valence-corrected chi connectivity index (χ2v) is 8.66. The zero-order chi connectivity index (χ0) is 21.0. The molecule has 2 saturated heterocycles. The van der Waals surface area contributed by atoms with Gasteiger partial charge in [0.15, 0.2) is 12.0 Å². The summed E-state index contributed by atoms with van der Waals surface area (Å²) < 4.78 is 24.9. The van der Waals surface area contributed by atoms with Crippen molar-refractivity contribution in [3.05, 3.63) is 32.6 Å². The molecule has 0 amide bonds. The maximum absolute atomic E-state index is 13.0. The number of aryl methyl sites for hydroxylation is 1. The van der Waals surface area contributed by atoms with Crippen LogP contribution in [0.5, 0.6) is 0 Å². The Bertz CT molecular complexity index is 893. The van der Waals surface area contributed by atoms with Crippen LogP contribution in [0.2, 0.25) is 0 Å². The van der Waals surface area contributed by atoms with E-state index in [-0.39, 0.29) is 17.8 Å². The molecule has 2 aliphatic rings. The van der Waals surface area contributed by atoms with Crippen LogP contribution in [-0.2, 0) is 18.9 Å². The van der Waals surface area contributed by atoms with Crippen molar-refractivity contribution in [2.24, 2.45) is 0 Å². The summed E-state index contributed by atoms with van der Waals surface area (Å²) in [5, 5.41) is 0. The molecule has 0 bridgehead atoms. The lowest BCUT2D eigenvalue weighted by Gasteiger charge is -2.25. The zero-order valence-corrected chi connectivity index (χ0v) is 17.3. The number of ether oxygens (including phenoxy) is 4. The van der Waals surface area contributed by atoms with E-state index in [1.165, 1.54) is 17.7 Å². The number of hydrogen-bond acceptors (Lipinski definition) is 7. The first-order valence-electron chi connectivity index (χ1n) is 9.44. The molecule has 0 spiro atoms. The Labute approximate surface area is 163 Å². The summed E-state index contributed by atoms with van der Waals surface area (Å²) in [6.07, 6.45) is -0.953. The second-order valence-electron chi connectivity index (χ2n) is 8.66. The van der Waals surface area contributed by atoms with Crippen LogP contribution in [0.1, 0.15) is 59.8 Å². The Balaban J connectivity index is 2.07. The van der Waals surface area contributed by atoms with Crippen molar-refractivity contribution in [3.8, 4) is 0 Å². The van der Waals surface area contributed by atoms with Crippen LogP contribution in [0.3, 0.4) is 0 Å². The third-order valence-corrected chi connectivity index (χ3v) is 4.66. The largest absolute Gasteiger partial charge is 0.443 e. The molecule has 2 aliphatic heterocycles. The molecule has 3 heterocycles. The molecule has 0 saturated carbocycles. The number of fused-ring (bicyclic) bond motifs is 1. The van der Waals surface area contributed by atoms with Gasteiger partial charge in [-0.1, -0.05) is 6.92 Å². The summed E-state index contributed by atoms with van der Waals surface area (Å²) >= 11 is 0. The van der Waals surface area contributed by atoms with Gasteiger partial charge in [-0.25, -0.2) is 9.59 Å². The molecule has 156 valence electrons. The predicted octanol–water partition coefficient (Wildman–Crippen LogP) is 1.93. The molecule has 3 rings (SSSR count). The number of aromatic nitrogens is 2. The van der Waals surface area contributed by atoms with Gasteiger partial charge in [0.25, 0.3) is 5.56 Å².